The van der Waals surface area contributed by atoms with Crippen LogP contribution in [-0.4, -0.2) is 33.1 Å². The lowest BCUT2D eigenvalue weighted by molar-refractivity contribution is -0.0187. The number of nitrogens with zero attached hydrogens (tertiary/aromatic N) is 1. The first-order valence-corrected chi connectivity index (χ1v) is 5.73. The summed E-state index contributed by atoms with van der Waals surface area (Å²) in [6.07, 6.45) is 0.0213. The fourth-order valence-corrected chi connectivity index (χ4v) is 2.11. The zero-order valence-electron chi connectivity index (χ0n) is 8.65. The summed E-state index contributed by atoms with van der Waals surface area (Å²) in [7, 11) is 1.71. The van der Waals surface area contributed by atoms with Crippen molar-refractivity contribution in [2.24, 2.45) is 0 Å². The Balaban J connectivity index is 2.20. The third-order valence-corrected chi connectivity index (χ3v) is 2.99. The van der Waals surface area contributed by atoms with Gasteiger partial charge >= 0.3 is 0 Å². The average molecular weight is 272 g/mol. The third-order valence-electron chi connectivity index (χ3n) is 2.50. The number of rotatable bonds is 2. The van der Waals surface area contributed by atoms with Crippen LogP contribution in [0.1, 0.15) is 0 Å². The molecule has 2 rings (SSSR count). The van der Waals surface area contributed by atoms with Gasteiger partial charge in [-0.15, -0.1) is 0 Å². The molecule has 0 aromatic heterocycles. The van der Waals surface area contributed by atoms with E-state index in [0.717, 1.165) is 17.6 Å². The Bertz CT molecular complexity index is 332. The van der Waals surface area contributed by atoms with Crippen molar-refractivity contribution in [3.63, 3.8) is 0 Å². The second kappa shape index (κ2) is 4.96. The highest BCUT2D eigenvalue weighted by molar-refractivity contribution is 9.10. The molecule has 1 heterocycles. The molecule has 0 amide bonds. The molecule has 1 saturated heterocycles. The van der Waals surface area contributed by atoms with Crippen molar-refractivity contribution in [1.82, 2.24) is 0 Å². The number of halogens is 1. The zero-order chi connectivity index (χ0) is 10.7. The molecule has 82 valence electrons. The second-order valence-corrected chi connectivity index (χ2v) is 4.35. The molecule has 15 heavy (non-hydrogen) atoms. The van der Waals surface area contributed by atoms with E-state index in [1.807, 2.05) is 12.1 Å². The molecule has 1 aromatic carbocycles. The summed E-state index contributed by atoms with van der Waals surface area (Å²) in [5.41, 5.74) is 1.17. The van der Waals surface area contributed by atoms with Crippen LogP contribution in [0.25, 0.3) is 0 Å². The van der Waals surface area contributed by atoms with Crippen LogP contribution in [0.4, 0.5) is 5.69 Å². The highest BCUT2D eigenvalue weighted by atomic mass is 79.9. The minimum Gasteiger partial charge on any atom is -0.375 e. The molecule has 0 radical (unpaired) electrons. The minimum absolute atomic E-state index is 0.0213. The molecular formula is C11H14BrNO2. The van der Waals surface area contributed by atoms with Crippen molar-refractivity contribution in [3.8, 4) is 0 Å². The average Bonchev–Trinajstić information content (AvgIpc) is 2.29. The smallest absolute Gasteiger partial charge is 0.153 e. The van der Waals surface area contributed by atoms with Gasteiger partial charge in [0.05, 0.1) is 13.2 Å². The molecule has 1 atom stereocenters. The van der Waals surface area contributed by atoms with Crippen molar-refractivity contribution in [3.05, 3.63) is 28.7 Å². The third kappa shape index (κ3) is 2.51. The summed E-state index contributed by atoms with van der Waals surface area (Å²) >= 11 is 3.47. The van der Waals surface area contributed by atoms with Gasteiger partial charge in [-0.25, -0.2) is 0 Å². The SMILES string of the molecule is COC1COCCN1c1cccc(Br)c1. The maximum absolute atomic E-state index is 5.38. The lowest BCUT2D eigenvalue weighted by Crippen LogP contribution is -2.46. The standard InChI is InChI=1S/C11H14BrNO2/c1-14-11-8-15-6-5-13(11)10-4-2-3-9(12)7-10/h2-4,7,11H,5-6,8H2,1H3. The predicted octanol–water partition coefficient (Wildman–Crippen LogP) is 2.26. The summed E-state index contributed by atoms with van der Waals surface area (Å²) in [5, 5.41) is 0. The van der Waals surface area contributed by atoms with E-state index in [1.54, 1.807) is 7.11 Å². The molecule has 0 saturated carbocycles. The molecule has 1 aromatic rings. The quantitative estimate of drug-likeness (QED) is 0.824. The molecule has 1 aliphatic heterocycles. The summed E-state index contributed by atoms with van der Waals surface area (Å²) in [6, 6.07) is 8.23. The van der Waals surface area contributed by atoms with E-state index in [-0.39, 0.29) is 6.23 Å². The Labute approximate surface area is 98.1 Å². The fraction of sp³-hybridized carbons (Fsp3) is 0.455. The molecular weight excluding hydrogens is 258 g/mol. The van der Waals surface area contributed by atoms with Crippen LogP contribution in [0.2, 0.25) is 0 Å². The van der Waals surface area contributed by atoms with Gasteiger partial charge in [0, 0.05) is 23.8 Å². The van der Waals surface area contributed by atoms with E-state index in [4.69, 9.17) is 9.47 Å². The minimum atomic E-state index is 0.0213. The predicted molar refractivity (Wildman–Crippen MR) is 63.1 cm³/mol. The monoisotopic (exact) mass is 271 g/mol. The van der Waals surface area contributed by atoms with E-state index < -0.39 is 0 Å². The van der Waals surface area contributed by atoms with E-state index in [0.29, 0.717) is 6.61 Å². The Morgan fingerprint density at radius 2 is 2.40 bits per heavy atom. The van der Waals surface area contributed by atoms with E-state index >= 15 is 0 Å². The van der Waals surface area contributed by atoms with Gasteiger partial charge in [-0.1, -0.05) is 22.0 Å². The molecule has 1 aliphatic rings. The number of benzene rings is 1. The first-order chi connectivity index (χ1) is 7.31. The Kier molecular flexibility index (Phi) is 3.61. The molecule has 3 nitrogen and oxygen atoms in total. The van der Waals surface area contributed by atoms with Gasteiger partial charge in [-0.3, -0.25) is 0 Å². The number of morpholine rings is 1. The molecule has 4 heteroatoms. The Hall–Kier alpha value is -0.580. The summed E-state index contributed by atoms with van der Waals surface area (Å²) in [6.45, 7) is 2.25. The highest BCUT2D eigenvalue weighted by Crippen LogP contribution is 2.23. The second-order valence-electron chi connectivity index (χ2n) is 3.44. The topological polar surface area (TPSA) is 21.7 Å². The molecule has 0 N–H and O–H groups in total. The fourth-order valence-electron chi connectivity index (χ4n) is 1.73. The van der Waals surface area contributed by atoms with Gasteiger partial charge in [0.25, 0.3) is 0 Å². The summed E-state index contributed by atoms with van der Waals surface area (Å²) < 4.78 is 11.8. The van der Waals surface area contributed by atoms with Crippen molar-refractivity contribution in [2.75, 3.05) is 31.8 Å². The van der Waals surface area contributed by atoms with Crippen LogP contribution in [0, 0.1) is 0 Å². The van der Waals surface area contributed by atoms with E-state index in [9.17, 15) is 0 Å². The molecule has 1 unspecified atom stereocenters. The number of hydrogen-bond donors (Lipinski definition) is 0. The summed E-state index contributed by atoms with van der Waals surface area (Å²) in [5.74, 6) is 0. The highest BCUT2D eigenvalue weighted by Gasteiger charge is 2.22. The lowest BCUT2D eigenvalue weighted by Gasteiger charge is -2.36. The number of anilines is 1. The van der Waals surface area contributed by atoms with Gasteiger partial charge < -0.3 is 14.4 Å². The van der Waals surface area contributed by atoms with Gasteiger partial charge in [0.1, 0.15) is 0 Å². The number of methoxy groups -OCH3 is 1. The van der Waals surface area contributed by atoms with Crippen LogP contribution >= 0.6 is 15.9 Å². The summed E-state index contributed by atoms with van der Waals surface area (Å²) in [4.78, 5) is 2.22. The van der Waals surface area contributed by atoms with Crippen LogP contribution in [0.15, 0.2) is 28.7 Å². The zero-order valence-corrected chi connectivity index (χ0v) is 10.2. The van der Waals surface area contributed by atoms with Crippen LogP contribution in [0.3, 0.4) is 0 Å². The lowest BCUT2D eigenvalue weighted by atomic mass is 10.2. The van der Waals surface area contributed by atoms with Crippen molar-refractivity contribution in [2.45, 2.75) is 6.23 Å². The van der Waals surface area contributed by atoms with E-state index in [2.05, 4.69) is 33.0 Å². The molecule has 0 bridgehead atoms. The normalized spacial score (nSPS) is 21.7. The van der Waals surface area contributed by atoms with Crippen molar-refractivity contribution < 1.29 is 9.47 Å². The van der Waals surface area contributed by atoms with Crippen LogP contribution in [0.5, 0.6) is 0 Å². The molecule has 1 fully saturated rings. The van der Waals surface area contributed by atoms with Crippen molar-refractivity contribution in [1.29, 1.82) is 0 Å². The Morgan fingerprint density at radius 1 is 1.53 bits per heavy atom. The first kappa shape index (κ1) is 10.9. The van der Waals surface area contributed by atoms with E-state index in [1.165, 1.54) is 5.69 Å². The molecule has 0 aliphatic carbocycles. The van der Waals surface area contributed by atoms with Gasteiger partial charge in [0.2, 0.25) is 0 Å². The van der Waals surface area contributed by atoms with Gasteiger partial charge in [0.15, 0.2) is 6.23 Å². The van der Waals surface area contributed by atoms with Crippen molar-refractivity contribution >= 4 is 21.6 Å². The number of ether oxygens (including phenoxy) is 2. The van der Waals surface area contributed by atoms with Crippen LogP contribution in [-0.2, 0) is 9.47 Å². The number of hydrogen-bond acceptors (Lipinski definition) is 3. The molecule has 0 spiro atoms. The van der Waals surface area contributed by atoms with Crippen LogP contribution < -0.4 is 4.90 Å². The maximum atomic E-state index is 5.38. The Morgan fingerprint density at radius 3 is 3.13 bits per heavy atom. The van der Waals surface area contributed by atoms with Gasteiger partial charge in [-0.2, -0.15) is 0 Å². The van der Waals surface area contributed by atoms with Gasteiger partial charge in [-0.05, 0) is 18.2 Å². The maximum Gasteiger partial charge on any atom is 0.153 e. The largest absolute Gasteiger partial charge is 0.375 e. The first-order valence-electron chi connectivity index (χ1n) is 4.94.